The van der Waals surface area contributed by atoms with Crippen LogP contribution in [0.3, 0.4) is 0 Å². The van der Waals surface area contributed by atoms with Crippen molar-refractivity contribution >= 4 is 16.6 Å². The summed E-state index contributed by atoms with van der Waals surface area (Å²) in [6, 6.07) is 14.9. The van der Waals surface area contributed by atoms with Crippen LogP contribution in [-0.2, 0) is 19.9 Å². The van der Waals surface area contributed by atoms with Gasteiger partial charge in [-0.3, -0.25) is 0 Å². The molecule has 0 aliphatic carbocycles. The first-order chi connectivity index (χ1) is 10.6. The smallest absolute Gasteiger partial charge is 0.0484 e. The van der Waals surface area contributed by atoms with Gasteiger partial charge in [0.15, 0.2) is 0 Å². The van der Waals surface area contributed by atoms with Crippen LogP contribution in [0.25, 0.3) is 10.9 Å². The van der Waals surface area contributed by atoms with E-state index < -0.39 is 0 Å². The van der Waals surface area contributed by atoms with Gasteiger partial charge in [0.25, 0.3) is 0 Å². The molecule has 3 rings (SSSR count). The first-order valence-electron chi connectivity index (χ1n) is 7.80. The average molecular weight is 290 g/mol. The number of fused-ring (bicyclic) bond motifs is 1. The van der Waals surface area contributed by atoms with Gasteiger partial charge in [-0.15, -0.1) is 0 Å². The zero-order valence-electron chi connectivity index (χ0n) is 13.5. The number of rotatable bonds is 4. The summed E-state index contributed by atoms with van der Waals surface area (Å²) in [4.78, 5) is 0. The molecule has 0 amide bonds. The first kappa shape index (κ1) is 14.6. The average Bonchev–Trinajstić information content (AvgIpc) is 2.86. The van der Waals surface area contributed by atoms with E-state index in [1.54, 1.807) is 0 Å². The van der Waals surface area contributed by atoms with E-state index in [2.05, 4.69) is 62.0 Å². The highest BCUT2D eigenvalue weighted by atomic mass is 14.9. The van der Waals surface area contributed by atoms with Gasteiger partial charge in [0.1, 0.15) is 0 Å². The molecule has 0 aliphatic rings. The zero-order chi connectivity index (χ0) is 15.7. The quantitative estimate of drug-likeness (QED) is 0.677. The van der Waals surface area contributed by atoms with Crippen LogP contribution in [0.4, 0.5) is 0 Å². The van der Waals surface area contributed by atoms with Gasteiger partial charge < -0.3 is 9.98 Å². The Morgan fingerprint density at radius 2 is 1.91 bits per heavy atom. The molecule has 3 aromatic rings. The lowest BCUT2D eigenvalue weighted by Gasteiger charge is -2.07. The molecule has 112 valence electrons. The molecule has 2 aromatic carbocycles. The molecule has 0 atom stereocenters. The molecule has 2 nitrogen and oxygen atoms in total. The van der Waals surface area contributed by atoms with Crippen molar-refractivity contribution in [3.05, 3.63) is 70.9 Å². The van der Waals surface area contributed by atoms with Gasteiger partial charge >= 0.3 is 0 Å². The molecule has 0 saturated heterocycles. The number of aryl methyl sites for hydroxylation is 3. The second-order valence-corrected chi connectivity index (χ2v) is 5.94. The highest BCUT2D eigenvalue weighted by molar-refractivity contribution is 6.10. The minimum Gasteiger partial charge on any atom is -0.350 e. The standard InChI is InChI=1S/C20H22N2/c1-4-15-9-10-20-17(11-15)18(13-22(20)3)19(21)12-16-8-6-5-7-14(16)2/h5-11,13,21H,4,12H2,1-3H3. The Balaban J connectivity index is 2.02. The second-order valence-electron chi connectivity index (χ2n) is 5.94. The minimum atomic E-state index is 0.683. The molecule has 1 aromatic heterocycles. The summed E-state index contributed by atoms with van der Waals surface area (Å²) in [6.45, 7) is 4.28. The van der Waals surface area contributed by atoms with Gasteiger partial charge in [-0.2, -0.15) is 0 Å². The lowest BCUT2D eigenvalue weighted by atomic mass is 9.98. The third-order valence-corrected chi connectivity index (χ3v) is 4.42. The molecule has 0 bridgehead atoms. The zero-order valence-corrected chi connectivity index (χ0v) is 13.5. The maximum absolute atomic E-state index is 8.57. The lowest BCUT2D eigenvalue weighted by Crippen LogP contribution is -2.04. The molecule has 0 spiro atoms. The fraction of sp³-hybridized carbons (Fsp3) is 0.250. The van der Waals surface area contributed by atoms with Crippen LogP contribution in [0.5, 0.6) is 0 Å². The summed E-state index contributed by atoms with van der Waals surface area (Å²) < 4.78 is 2.12. The van der Waals surface area contributed by atoms with Crippen molar-refractivity contribution in [3.8, 4) is 0 Å². The van der Waals surface area contributed by atoms with Crippen LogP contribution < -0.4 is 0 Å². The summed E-state index contributed by atoms with van der Waals surface area (Å²) in [7, 11) is 2.05. The van der Waals surface area contributed by atoms with E-state index >= 15 is 0 Å². The fourth-order valence-electron chi connectivity index (χ4n) is 2.99. The van der Waals surface area contributed by atoms with Crippen molar-refractivity contribution in [1.82, 2.24) is 4.57 Å². The Bertz CT molecular complexity index is 840. The lowest BCUT2D eigenvalue weighted by molar-refractivity contribution is 0.966. The van der Waals surface area contributed by atoms with Gasteiger partial charge in [0, 0.05) is 41.8 Å². The number of benzene rings is 2. The predicted molar refractivity (Wildman–Crippen MR) is 94.0 cm³/mol. The Morgan fingerprint density at radius 1 is 1.14 bits per heavy atom. The maximum atomic E-state index is 8.57. The number of hydrogen-bond donors (Lipinski definition) is 1. The topological polar surface area (TPSA) is 28.8 Å². The van der Waals surface area contributed by atoms with E-state index in [1.165, 1.54) is 27.6 Å². The molecule has 2 heteroatoms. The van der Waals surface area contributed by atoms with Crippen molar-refractivity contribution in [3.63, 3.8) is 0 Å². The first-order valence-corrected chi connectivity index (χ1v) is 7.80. The molecule has 0 fully saturated rings. The second kappa shape index (κ2) is 5.80. The van der Waals surface area contributed by atoms with Crippen molar-refractivity contribution < 1.29 is 0 Å². The van der Waals surface area contributed by atoms with Crippen molar-refractivity contribution in [2.24, 2.45) is 7.05 Å². The SMILES string of the molecule is CCc1ccc2c(c1)c(C(=N)Cc1ccccc1C)cn2C. The van der Waals surface area contributed by atoms with Crippen LogP contribution in [0.1, 0.15) is 29.2 Å². The summed E-state index contributed by atoms with van der Waals surface area (Å²) in [6.07, 6.45) is 3.79. The number of aromatic nitrogens is 1. The summed E-state index contributed by atoms with van der Waals surface area (Å²) in [5.41, 5.74) is 6.74. The van der Waals surface area contributed by atoms with Gasteiger partial charge in [0.2, 0.25) is 0 Å². The number of hydrogen-bond acceptors (Lipinski definition) is 1. The largest absolute Gasteiger partial charge is 0.350 e. The Hall–Kier alpha value is -2.35. The summed E-state index contributed by atoms with van der Waals surface area (Å²) in [5.74, 6) is 0. The Labute approximate surface area is 131 Å². The monoisotopic (exact) mass is 290 g/mol. The molecular formula is C20H22N2. The third kappa shape index (κ3) is 2.57. The highest BCUT2D eigenvalue weighted by Crippen LogP contribution is 2.24. The Morgan fingerprint density at radius 3 is 2.64 bits per heavy atom. The van der Waals surface area contributed by atoms with E-state index in [1.807, 2.05) is 12.1 Å². The normalized spacial score (nSPS) is 11.0. The maximum Gasteiger partial charge on any atom is 0.0484 e. The Kier molecular flexibility index (Phi) is 3.84. The molecule has 1 N–H and O–H groups in total. The van der Waals surface area contributed by atoms with Crippen molar-refractivity contribution in [2.75, 3.05) is 0 Å². The highest BCUT2D eigenvalue weighted by Gasteiger charge is 2.12. The number of nitrogens with one attached hydrogen (secondary N) is 1. The summed E-state index contributed by atoms with van der Waals surface area (Å²) in [5, 5.41) is 9.77. The van der Waals surface area contributed by atoms with Crippen LogP contribution in [0.15, 0.2) is 48.7 Å². The van der Waals surface area contributed by atoms with Crippen molar-refractivity contribution in [2.45, 2.75) is 26.7 Å². The van der Waals surface area contributed by atoms with Gasteiger partial charge in [-0.25, -0.2) is 0 Å². The molecule has 0 radical (unpaired) electrons. The van der Waals surface area contributed by atoms with E-state index in [9.17, 15) is 0 Å². The van der Waals surface area contributed by atoms with Crippen LogP contribution in [0, 0.1) is 12.3 Å². The van der Waals surface area contributed by atoms with E-state index in [4.69, 9.17) is 5.41 Å². The van der Waals surface area contributed by atoms with E-state index in [0.717, 1.165) is 12.0 Å². The molecule has 0 unspecified atom stereocenters. The molecule has 0 aliphatic heterocycles. The van der Waals surface area contributed by atoms with Crippen molar-refractivity contribution in [1.29, 1.82) is 5.41 Å². The number of nitrogens with zero attached hydrogens (tertiary/aromatic N) is 1. The predicted octanol–water partition coefficient (Wildman–Crippen LogP) is 4.66. The fourth-order valence-corrected chi connectivity index (χ4v) is 2.99. The molecule has 22 heavy (non-hydrogen) atoms. The minimum absolute atomic E-state index is 0.683. The van der Waals surface area contributed by atoms with Gasteiger partial charge in [-0.05, 0) is 42.2 Å². The molecule has 0 saturated carbocycles. The van der Waals surface area contributed by atoms with Gasteiger partial charge in [0.05, 0.1) is 0 Å². The van der Waals surface area contributed by atoms with Gasteiger partial charge in [-0.1, -0.05) is 37.3 Å². The van der Waals surface area contributed by atoms with Crippen LogP contribution in [-0.4, -0.2) is 10.3 Å². The summed E-state index contributed by atoms with van der Waals surface area (Å²) >= 11 is 0. The molecular weight excluding hydrogens is 268 g/mol. The third-order valence-electron chi connectivity index (χ3n) is 4.42. The van der Waals surface area contributed by atoms with E-state index in [-0.39, 0.29) is 0 Å². The van der Waals surface area contributed by atoms with Crippen LogP contribution in [0.2, 0.25) is 0 Å². The van der Waals surface area contributed by atoms with Crippen LogP contribution >= 0.6 is 0 Å². The van der Waals surface area contributed by atoms with E-state index in [0.29, 0.717) is 12.1 Å². The molecule has 1 heterocycles.